The lowest BCUT2D eigenvalue weighted by atomic mass is 10.00. The van der Waals surface area contributed by atoms with Gasteiger partial charge in [-0.05, 0) is 51.4 Å². The lowest BCUT2D eigenvalue weighted by Crippen LogP contribution is -2.60. The molecule has 1 aliphatic rings. The van der Waals surface area contributed by atoms with Crippen molar-refractivity contribution in [2.75, 3.05) is 19.0 Å². The summed E-state index contributed by atoms with van der Waals surface area (Å²) >= 11 is 0. The van der Waals surface area contributed by atoms with Gasteiger partial charge in [0.25, 0.3) is 10.1 Å². The Morgan fingerprint density at radius 2 is 1.07 bits per heavy atom. The van der Waals surface area contributed by atoms with Crippen molar-refractivity contribution in [3.05, 3.63) is 85.1 Å². The number of hydrogen-bond acceptors (Lipinski definition) is 11. The van der Waals surface area contributed by atoms with E-state index >= 15 is 0 Å². The summed E-state index contributed by atoms with van der Waals surface area (Å²) in [6, 6.07) is 0. The molecule has 1 rings (SSSR count). The van der Waals surface area contributed by atoms with E-state index in [9.17, 15) is 37.9 Å². The summed E-state index contributed by atoms with van der Waals surface area (Å²) in [6.45, 7) is 3.41. The van der Waals surface area contributed by atoms with Gasteiger partial charge in [0.1, 0.15) is 36.8 Å². The zero-order chi connectivity index (χ0) is 41.3. The van der Waals surface area contributed by atoms with Crippen molar-refractivity contribution in [1.82, 2.24) is 0 Å². The fraction of sp³-hybridized carbons (Fsp3) is 0.628. The molecule has 0 saturated carbocycles. The summed E-state index contributed by atoms with van der Waals surface area (Å²) in [4.78, 5) is 25.3. The van der Waals surface area contributed by atoms with Crippen LogP contribution >= 0.6 is 0 Å². The van der Waals surface area contributed by atoms with Crippen molar-refractivity contribution in [3.8, 4) is 0 Å². The van der Waals surface area contributed by atoms with Crippen LogP contribution in [-0.4, -0.2) is 96.0 Å². The second-order valence-corrected chi connectivity index (χ2v) is 15.2. The first kappa shape index (κ1) is 50.8. The highest BCUT2D eigenvalue weighted by Gasteiger charge is 2.46. The van der Waals surface area contributed by atoms with Crippen LogP contribution in [0.3, 0.4) is 0 Å². The summed E-state index contributed by atoms with van der Waals surface area (Å²) < 4.78 is 53.8. The van der Waals surface area contributed by atoms with Crippen LogP contribution in [0.25, 0.3) is 0 Å². The minimum absolute atomic E-state index is 0.110. The van der Waals surface area contributed by atoms with Gasteiger partial charge in [-0.15, -0.1) is 0 Å². The summed E-state index contributed by atoms with van der Waals surface area (Å²) in [5.74, 6) is -2.07. The Bertz CT molecular complexity index is 1360. The molecule has 0 bridgehead atoms. The SMILES string of the molecule is CC/C=C/C=C/C=C/C=C/CCCCCC(=O)OC(COC(=O)CCCCCCCCC/C=C/C=C/C=C/CC)CO[C@H]1O[C@H](CS(=O)(=O)O)[C@@H](O)C(O)C1O. The smallest absolute Gasteiger partial charge is 0.306 e. The number of unbranched alkanes of at least 4 members (excludes halogenated alkanes) is 10. The lowest BCUT2D eigenvalue weighted by molar-refractivity contribution is -0.297. The third-order valence-electron chi connectivity index (χ3n) is 8.63. The van der Waals surface area contributed by atoms with Crippen molar-refractivity contribution >= 4 is 22.1 Å². The van der Waals surface area contributed by atoms with Crippen LogP contribution in [0.4, 0.5) is 0 Å². The van der Waals surface area contributed by atoms with E-state index < -0.39 is 71.2 Å². The van der Waals surface area contributed by atoms with Crippen LogP contribution in [0.2, 0.25) is 0 Å². The molecule has 1 aliphatic heterocycles. The zero-order valence-electron chi connectivity index (χ0n) is 33.4. The number of allylic oxidation sites excluding steroid dienone is 14. The molecule has 0 spiro atoms. The summed E-state index contributed by atoms with van der Waals surface area (Å²) in [5.41, 5.74) is 0. The molecule has 4 N–H and O–H groups in total. The second kappa shape index (κ2) is 32.9. The molecule has 318 valence electrons. The lowest BCUT2D eigenvalue weighted by Gasteiger charge is -2.40. The molecule has 0 amide bonds. The molecule has 0 aromatic rings. The van der Waals surface area contributed by atoms with E-state index in [0.717, 1.165) is 77.0 Å². The first-order valence-corrected chi connectivity index (χ1v) is 21.8. The maximum absolute atomic E-state index is 12.7. The van der Waals surface area contributed by atoms with E-state index in [2.05, 4.69) is 44.2 Å². The predicted molar refractivity (Wildman–Crippen MR) is 219 cm³/mol. The number of ether oxygens (including phenoxy) is 4. The van der Waals surface area contributed by atoms with Gasteiger partial charge in [-0.25, -0.2) is 0 Å². The molecule has 12 nitrogen and oxygen atoms in total. The minimum Gasteiger partial charge on any atom is -0.462 e. The van der Waals surface area contributed by atoms with Gasteiger partial charge in [-0.3, -0.25) is 14.1 Å². The molecule has 1 heterocycles. The average Bonchev–Trinajstić information content (AvgIpc) is 3.16. The topological polar surface area (TPSA) is 186 Å². The molecule has 0 aromatic heterocycles. The summed E-state index contributed by atoms with van der Waals surface area (Å²) in [6.07, 6.45) is 32.1. The van der Waals surface area contributed by atoms with Gasteiger partial charge in [-0.2, -0.15) is 8.42 Å². The highest BCUT2D eigenvalue weighted by atomic mass is 32.2. The fourth-order valence-electron chi connectivity index (χ4n) is 5.51. The third-order valence-corrected chi connectivity index (χ3v) is 9.38. The van der Waals surface area contributed by atoms with E-state index in [1.165, 1.54) is 0 Å². The number of rotatable bonds is 31. The Labute approximate surface area is 335 Å². The van der Waals surface area contributed by atoms with E-state index in [0.29, 0.717) is 12.8 Å². The van der Waals surface area contributed by atoms with E-state index in [4.69, 9.17) is 18.9 Å². The molecule has 13 heteroatoms. The molecular formula is C43H68O12S. The Hall–Kier alpha value is -3.17. The summed E-state index contributed by atoms with van der Waals surface area (Å²) in [7, 11) is -4.61. The van der Waals surface area contributed by atoms with Crippen LogP contribution in [0.1, 0.15) is 117 Å². The van der Waals surface area contributed by atoms with Crippen LogP contribution in [-0.2, 0) is 38.7 Å². The van der Waals surface area contributed by atoms with Gasteiger partial charge >= 0.3 is 11.9 Å². The van der Waals surface area contributed by atoms with Gasteiger partial charge in [0.05, 0.1) is 6.61 Å². The Kier molecular flexibility index (Phi) is 29.8. The van der Waals surface area contributed by atoms with E-state index in [-0.39, 0.29) is 19.4 Å². The maximum Gasteiger partial charge on any atom is 0.306 e. The number of aliphatic hydroxyl groups is 3. The molecule has 1 saturated heterocycles. The monoisotopic (exact) mass is 808 g/mol. The summed E-state index contributed by atoms with van der Waals surface area (Å²) in [5, 5.41) is 30.8. The fourth-order valence-corrected chi connectivity index (χ4v) is 6.20. The quantitative estimate of drug-likeness (QED) is 0.0237. The van der Waals surface area contributed by atoms with Crippen molar-refractivity contribution in [2.45, 2.75) is 153 Å². The molecule has 1 fully saturated rings. The first-order chi connectivity index (χ1) is 27.0. The van der Waals surface area contributed by atoms with Crippen molar-refractivity contribution in [1.29, 1.82) is 0 Å². The van der Waals surface area contributed by atoms with E-state index in [1.54, 1.807) is 0 Å². The van der Waals surface area contributed by atoms with Gasteiger partial charge in [-0.1, -0.05) is 137 Å². The van der Waals surface area contributed by atoms with Crippen LogP contribution < -0.4 is 0 Å². The standard InChI is InChI=1S/C43H68O12S/c1-3-5-7-9-11-13-15-17-18-20-21-23-25-27-29-31-38(44)52-33-36(34-53-43-42(48)41(47)40(46)37(55-43)35-56(49,50)51)54-39(45)32-30-28-26-24-22-19-16-14-12-10-8-6-4-2/h5-16,19,22,36-37,40-43,46-48H,3-4,17-18,20-21,23-35H2,1-2H3,(H,49,50,51)/b7-5+,8-6+,11-9+,12-10+,15-13+,16-14+,22-19+/t36?,37-,40-,41?,42?,43+/m1/s1. The number of carbonyl (C=O) groups excluding carboxylic acids is 2. The van der Waals surface area contributed by atoms with Crippen molar-refractivity contribution in [2.24, 2.45) is 0 Å². The van der Waals surface area contributed by atoms with E-state index in [1.807, 2.05) is 54.7 Å². The first-order valence-electron chi connectivity index (χ1n) is 20.2. The zero-order valence-corrected chi connectivity index (χ0v) is 34.3. The minimum atomic E-state index is -4.61. The Morgan fingerprint density at radius 3 is 1.61 bits per heavy atom. The third kappa shape index (κ3) is 27.4. The van der Waals surface area contributed by atoms with Crippen LogP contribution in [0.15, 0.2) is 85.1 Å². The number of aliphatic hydroxyl groups excluding tert-OH is 3. The predicted octanol–water partition coefficient (Wildman–Crippen LogP) is 7.33. The van der Waals surface area contributed by atoms with Crippen LogP contribution in [0, 0.1) is 0 Å². The average molecular weight is 809 g/mol. The molecular weight excluding hydrogens is 741 g/mol. The molecule has 0 aliphatic carbocycles. The molecule has 56 heavy (non-hydrogen) atoms. The van der Waals surface area contributed by atoms with Gasteiger partial charge < -0.3 is 34.3 Å². The second-order valence-electron chi connectivity index (χ2n) is 13.7. The van der Waals surface area contributed by atoms with Crippen molar-refractivity contribution < 1.29 is 56.8 Å². The van der Waals surface area contributed by atoms with Gasteiger partial charge in [0, 0.05) is 12.8 Å². The Balaban J connectivity index is 2.54. The molecule has 3 unspecified atom stereocenters. The molecule has 0 aromatic carbocycles. The highest BCUT2D eigenvalue weighted by molar-refractivity contribution is 7.85. The maximum atomic E-state index is 12.7. The van der Waals surface area contributed by atoms with Gasteiger partial charge in [0.15, 0.2) is 12.4 Å². The van der Waals surface area contributed by atoms with Crippen molar-refractivity contribution in [3.63, 3.8) is 0 Å². The van der Waals surface area contributed by atoms with Gasteiger partial charge in [0.2, 0.25) is 0 Å². The Morgan fingerprint density at radius 1 is 0.607 bits per heavy atom. The van der Waals surface area contributed by atoms with Crippen LogP contribution in [0.5, 0.6) is 0 Å². The normalized spacial score (nSPS) is 21.6. The largest absolute Gasteiger partial charge is 0.462 e. The molecule has 6 atom stereocenters. The number of hydrogen-bond donors (Lipinski definition) is 4. The number of esters is 2. The number of carbonyl (C=O) groups is 2. The highest BCUT2D eigenvalue weighted by Crippen LogP contribution is 2.24. The molecule has 0 radical (unpaired) electrons.